The maximum absolute atomic E-state index is 11.6. The molecule has 0 radical (unpaired) electrons. The van der Waals surface area contributed by atoms with Crippen molar-refractivity contribution in [2.24, 2.45) is 0 Å². The fourth-order valence-electron chi connectivity index (χ4n) is 2.31. The fourth-order valence-corrected chi connectivity index (χ4v) is 2.31. The molecular formula is C17H25NO4. The molecule has 1 aliphatic rings. The Balaban J connectivity index is 1.75. The summed E-state index contributed by atoms with van der Waals surface area (Å²) in [5.41, 5.74) is 0.736. The van der Waals surface area contributed by atoms with Crippen LogP contribution in [0.1, 0.15) is 26.3 Å². The van der Waals surface area contributed by atoms with Crippen LogP contribution in [0.3, 0.4) is 0 Å². The lowest BCUT2D eigenvalue weighted by atomic mass is 10.2. The van der Waals surface area contributed by atoms with E-state index in [1.54, 1.807) is 0 Å². The van der Waals surface area contributed by atoms with Gasteiger partial charge >= 0.3 is 6.16 Å². The van der Waals surface area contributed by atoms with Crippen LogP contribution in [0, 0.1) is 0 Å². The molecule has 1 heterocycles. The predicted molar refractivity (Wildman–Crippen MR) is 83.6 cm³/mol. The minimum Gasteiger partial charge on any atom is -0.431 e. The second kappa shape index (κ2) is 7.61. The number of hydrogen-bond acceptors (Lipinski definition) is 5. The van der Waals surface area contributed by atoms with Crippen LogP contribution >= 0.6 is 0 Å². The van der Waals surface area contributed by atoms with Crippen molar-refractivity contribution >= 4 is 6.16 Å². The van der Waals surface area contributed by atoms with Crippen LogP contribution in [0.25, 0.3) is 0 Å². The van der Waals surface area contributed by atoms with E-state index in [9.17, 15) is 4.79 Å². The second-order valence-corrected chi connectivity index (χ2v) is 6.49. The number of benzene rings is 1. The quantitative estimate of drug-likeness (QED) is 0.801. The summed E-state index contributed by atoms with van der Waals surface area (Å²) in [5, 5.41) is 0. The lowest BCUT2D eigenvalue weighted by molar-refractivity contribution is -0.0754. The third-order valence-corrected chi connectivity index (χ3v) is 3.25. The molecule has 1 aromatic carbocycles. The summed E-state index contributed by atoms with van der Waals surface area (Å²) in [6.07, 6.45) is -0.749. The van der Waals surface area contributed by atoms with E-state index in [2.05, 4.69) is 17.0 Å². The van der Waals surface area contributed by atoms with E-state index in [1.807, 2.05) is 39.0 Å². The molecule has 1 saturated heterocycles. The Labute approximate surface area is 132 Å². The van der Waals surface area contributed by atoms with Gasteiger partial charge in [0.25, 0.3) is 0 Å². The predicted octanol–water partition coefficient (Wildman–Crippen LogP) is 2.84. The second-order valence-electron chi connectivity index (χ2n) is 6.49. The first-order chi connectivity index (χ1) is 10.4. The van der Waals surface area contributed by atoms with Crippen LogP contribution in [0.15, 0.2) is 30.3 Å². The Kier molecular flexibility index (Phi) is 5.80. The average Bonchev–Trinajstić information content (AvgIpc) is 2.45. The number of morpholine rings is 1. The molecule has 2 rings (SSSR count). The maximum atomic E-state index is 11.6. The van der Waals surface area contributed by atoms with Crippen molar-refractivity contribution in [3.05, 3.63) is 35.9 Å². The summed E-state index contributed by atoms with van der Waals surface area (Å²) in [4.78, 5) is 13.9. The fraction of sp³-hybridized carbons (Fsp3) is 0.588. The van der Waals surface area contributed by atoms with Crippen LogP contribution in [0.2, 0.25) is 0 Å². The Hall–Kier alpha value is -1.59. The number of carbonyl (C=O) groups excluding carboxylic acids is 1. The first-order valence-corrected chi connectivity index (χ1v) is 7.66. The molecule has 0 N–H and O–H groups in total. The van der Waals surface area contributed by atoms with Crippen molar-refractivity contribution < 1.29 is 19.0 Å². The van der Waals surface area contributed by atoms with Crippen LogP contribution < -0.4 is 0 Å². The van der Waals surface area contributed by atoms with Gasteiger partial charge in [0.15, 0.2) is 0 Å². The number of hydrogen-bond donors (Lipinski definition) is 0. The molecular weight excluding hydrogens is 282 g/mol. The lowest BCUT2D eigenvalue weighted by Crippen LogP contribution is -2.44. The van der Waals surface area contributed by atoms with Gasteiger partial charge in [-0.3, -0.25) is 4.90 Å². The number of nitrogens with zero attached hydrogens (tertiary/aromatic N) is 1. The molecule has 22 heavy (non-hydrogen) atoms. The molecule has 1 unspecified atom stereocenters. The molecule has 1 aliphatic heterocycles. The smallest absolute Gasteiger partial charge is 0.431 e. The molecule has 5 heteroatoms. The molecule has 0 spiro atoms. The minimum absolute atomic E-state index is 0.106. The van der Waals surface area contributed by atoms with Gasteiger partial charge in [0.2, 0.25) is 0 Å². The van der Waals surface area contributed by atoms with Gasteiger partial charge in [-0.05, 0) is 26.3 Å². The summed E-state index contributed by atoms with van der Waals surface area (Å²) < 4.78 is 15.9. The van der Waals surface area contributed by atoms with Crippen molar-refractivity contribution in [1.29, 1.82) is 0 Å². The molecule has 0 aliphatic carbocycles. The van der Waals surface area contributed by atoms with Gasteiger partial charge in [0, 0.05) is 19.6 Å². The van der Waals surface area contributed by atoms with Crippen molar-refractivity contribution in [2.75, 3.05) is 26.3 Å². The number of carbonyl (C=O) groups is 1. The first kappa shape index (κ1) is 16.8. The van der Waals surface area contributed by atoms with Gasteiger partial charge in [-0.1, -0.05) is 30.3 Å². The molecule has 0 aromatic heterocycles. The Morgan fingerprint density at radius 3 is 2.73 bits per heavy atom. The summed E-state index contributed by atoms with van der Waals surface area (Å²) in [6, 6.07) is 10.3. The Morgan fingerprint density at radius 2 is 2.05 bits per heavy atom. The largest absolute Gasteiger partial charge is 0.508 e. The zero-order chi connectivity index (χ0) is 16.0. The van der Waals surface area contributed by atoms with Crippen molar-refractivity contribution in [1.82, 2.24) is 4.90 Å². The Morgan fingerprint density at radius 1 is 1.32 bits per heavy atom. The van der Waals surface area contributed by atoms with Crippen LogP contribution in [0.5, 0.6) is 0 Å². The molecule has 1 aromatic rings. The van der Waals surface area contributed by atoms with E-state index in [4.69, 9.17) is 14.2 Å². The molecule has 1 atom stereocenters. The summed E-state index contributed by atoms with van der Waals surface area (Å²) in [5.74, 6) is 0. The highest BCUT2D eigenvalue weighted by Gasteiger charge is 2.23. The molecule has 122 valence electrons. The van der Waals surface area contributed by atoms with Gasteiger partial charge in [-0.25, -0.2) is 4.79 Å². The van der Waals surface area contributed by atoms with Crippen LogP contribution in [-0.4, -0.2) is 49.1 Å². The molecule has 5 nitrogen and oxygen atoms in total. The molecule has 1 fully saturated rings. The van der Waals surface area contributed by atoms with E-state index in [0.717, 1.165) is 19.6 Å². The topological polar surface area (TPSA) is 48.0 Å². The van der Waals surface area contributed by atoms with E-state index in [-0.39, 0.29) is 12.7 Å². The van der Waals surface area contributed by atoms with Gasteiger partial charge in [0.1, 0.15) is 18.3 Å². The normalized spacial score (nSPS) is 19.7. The first-order valence-electron chi connectivity index (χ1n) is 7.66. The van der Waals surface area contributed by atoms with Crippen molar-refractivity contribution in [2.45, 2.75) is 39.0 Å². The molecule has 0 amide bonds. The zero-order valence-corrected chi connectivity index (χ0v) is 13.6. The lowest BCUT2D eigenvalue weighted by Gasteiger charge is -2.32. The van der Waals surface area contributed by atoms with Crippen molar-refractivity contribution in [3.8, 4) is 0 Å². The van der Waals surface area contributed by atoms with E-state index < -0.39 is 11.8 Å². The highest BCUT2D eigenvalue weighted by atomic mass is 16.7. The third kappa shape index (κ3) is 6.03. The zero-order valence-electron chi connectivity index (χ0n) is 13.6. The van der Waals surface area contributed by atoms with Crippen molar-refractivity contribution in [3.63, 3.8) is 0 Å². The maximum Gasteiger partial charge on any atom is 0.508 e. The van der Waals surface area contributed by atoms with Gasteiger partial charge < -0.3 is 14.2 Å². The van der Waals surface area contributed by atoms with Crippen LogP contribution in [-0.2, 0) is 20.8 Å². The molecule has 0 bridgehead atoms. The summed E-state index contributed by atoms with van der Waals surface area (Å²) in [7, 11) is 0. The van der Waals surface area contributed by atoms with E-state index in [1.165, 1.54) is 5.56 Å². The van der Waals surface area contributed by atoms with Crippen LogP contribution in [0.4, 0.5) is 4.79 Å². The summed E-state index contributed by atoms with van der Waals surface area (Å²) in [6.45, 7) is 8.82. The molecule has 0 saturated carbocycles. The minimum atomic E-state index is -0.642. The van der Waals surface area contributed by atoms with Gasteiger partial charge in [-0.2, -0.15) is 0 Å². The highest BCUT2D eigenvalue weighted by molar-refractivity contribution is 5.60. The number of ether oxygens (including phenoxy) is 3. The highest BCUT2D eigenvalue weighted by Crippen LogP contribution is 2.12. The third-order valence-electron chi connectivity index (χ3n) is 3.25. The van der Waals surface area contributed by atoms with Gasteiger partial charge in [-0.15, -0.1) is 0 Å². The van der Waals surface area contributed by atoms with Gasteiger partial charge in [0.05, 0.1) is 6.61 Å². The monoisotopic (exact) mass is 307 g/mol. The van der Waals surface area contributed by atoms with E-state index >= 15 is 0 Å². The Bertz CT molecular complexity index is 469. The SMILES string of the molecule is CC(C)(C)OC(=O)OCC1CN(Cc2ccccc2)CCO1. The summed E-state index contributed by atoms with van der Waals surface area (Å²) >= 11 is 0. The standard InChI is InChI=1S/C17H25NO4/c1-17(2,3)22-16(19)21-13-15-12-18(9-10-20-15)11-14-7-5-4-6-8-14/h4-8,15H,9-13H2,1-3H3. The van der Waals surface area contributed by atoms with E-state index in [0.29, 0.717) is 6.61 Å². The number of rotatable bonds is 4. The average molecular weight is 307 g/mol.